The van der Waals surface area contributed by atoms with Gasteiger partial charge in [-0.05, 0) is 59.7 Å². The van der Waals surface area contributed by atoms with Gasteiger partial charge in [0.05, 0.1) is 11.3 Å². The molecule has 2 rings (SSSR count). The molecule has 52 heavy (non-hydrogen) atoms. The first-order valence-electron chi connectivity index (χ1n) is 16.4. The van der Waals surface area contributed by atoms with E-state index in [4.69, 9.17) is 0 Å². The van der Waals surface area contributed by atoms with Crippen molar-refractivity contribution in [2.75, 3.05) is 10.6 Å². The minimum absolute atomic E-state index is 0.0323. The summed E-state index contributed by atoms with van der Waals surface area (Å²) in [5, 5.41) is 53.0. The Morgan fingerprint density at radius 2 is 1.27 bits per heavy atom. The molecule has 0 radical (unpaired) electrons. The van der Waals surface area contributed by atoms with Gasteiger partial charge in [-0.1, -0.05) is 46.8 Å². The monoisotopic (exact) mass is 722 g/mol. The zero-order chi connectivity index (χ0) is 39.0. The third-order valence-electron chi connectivity index (χ3n) is 7.01. The smallest absolute Gasteiger partial charge is 0.327 e. The fourth-order valence-corrected chi connectivity index (χ4v) is 4.64. The Bertz CT molecular complexity index is 1670. The third kappa shape index (κ3) is 16.5. The zero-order valence-corrected chi connectivity index (χ0v) is 29.7. The Labute approximate surface area is 301 Å². The molecule has 0 aliphatic carbocycles. The van der Waals surface area contributed by atoms with E-state index < -0.39 is 52.7 Å². The van der Waals surface area contributed by atoms with Crippen molar-refractivity contribution < 1.29 is 44.2 Å². The number of nitrogens with zero attached hydrogens (tertiary/aromatic N) is 1. The van der Waals surface area contributed by atoms with Crippen molar-refractivity contribution in [1.29, 1.82) is 0 Å². The molecule has 0 saturated carbocycles. The summed E-state index contributed by atoms with van der Waals surface area (Å²) in [4.78, 5) is 72.4. The number of phenolic OH excluding ortho intramolecular Hbond substituents is 1. The summed E-state index contributed by atoms with van der Waals surface area (Å²) in [7, 11) is 0. The lowest BCUT2D eigenvalue weighted by atomic mass is 9.92. The maximum absolute atomic E-state index is 13.2. The fourth-order valence-electron chi connectivity index (χ4n) is 4.64. The van der Waals surface area contributed by atoms with Crippen LogP contribution >= 0.6 is 0 Å². The maximum Gasteiger partial charge on any atom is 0.327 e. The van der Waals surface area contributed by atoms with Gasteiger partial charge in [0.15, 0.2) is 5.82 Å². The number of carbonyl (C=O) groups excluding carboxylic acids is 3. The Hall–Kier alpha value is -6.11. The lowest BCUT2D eigenvalue weighted by Crippen LogP contribution is -2.52. The average Bonchev–Trinajstić information content (AvgIpc) is 3.01. The van der Waals surface area contributed by atoms with E-state index in [2.05, 4.69) is 38.4 Å². The van der Waals surface area contributed by atoms with Crippen LogP contribution in [0.25, 0.3) is 0 Å². The molecule has 0 aliphatic rings. The second-order valence-electron chi connectivity index (χ2n) is 13.6. The first-order chi connectivity index (χ1) is 24.3. The van der Waals surface area contributed by atoms with Gasteiger partial charge in [-0.15, -0.1) is 11.8 Å². The number of aromatic hydroxyl groups is 1. The Kier molecular flexibility index (Phi) is 16.1. The number of carboxylic acids is 2. The number of amides is 3. The van der Waals surface area contributed by atoms with Crippen molar-refractivity contribution in [3.8, 4) is 17.6 Å². The quantitative estimate of drug-likeness (QED) is 0.0477. The number of rotatable bonds is 18. The van der Waals surface area contributed by atoms with E-state index in [9.17, 15) is 49.4 Å². The van der Waals surface area contributed by atoms with Crippen LogP contribution < -0.4 is 26.6 Å². The van der Waals surface area contributed by atoms with Crippen molar-refractivity contribution in [3.05, 3.63) is 76.2 Å². The molecular weight excluding hydrogens is 676 g/mol. The lowest BCUT2D eigenvalue weighted by Gasteiger charge is -2.22. The van der Waals surface area contributed by atoms with Crippen molar-refractivity contribution in [2.24, 2.45) is 11.3 Å². The van der Waals surface area contributed by atoms with Gasteiger partial charge in [0, 0.05) is 30.6 Å². The molecule has 0 saturated heterocycles. The summed E-state index contributed by atoms with van der Waals surface area (Å²) < 4.78 is 0. The number of nitro groups is 1. The molecule has 0 aliphatic heterocycles. The van der Waals surface area contributed by atoms with Gasteiger partial charge in [0.1, 0.15) is 23.9 Å². The molecular formula is C36H46N6O10. The first-order valence-corrected chi connectivity index (χ1v) is 16.4. The number of phenols is 1. The van der Waals surface area contributed by atoms with Gasteiger partial charge >= 0.3 is 11.9 Å². The minimum Gasteiger partial charge on any atom is -0.508 e. The van der Waals surface area contributed by atoms with E-state index in [0.717, 1.165) is 6.20 Å². The maximum atomic E-state index is 13.2. The molecule has 8 N–H and O–H groups in total. The predicted octanol–water partition coefficient (Wildman–Crippen LogP) is 3.42. The number of aliphatic carboxylic acids is 2. The Morgan fingerprint density at radius 1 is 0.788 bits per heavy atom. The van der Waals surface area contributed by atoms with Gasteiger partial charge in [0.25, 0.3) is 6.20 Å². The van der Waals surface area contributed by atoms with Gasteiger partial charge in [-0.3, -0.25) is 24.5 Å². The molecule has 2 aromatic carbocycles. The Morgan fingerprint density at radius 3 is 1.73 bits per heavy atom. The van der Waals surface area contributed by atoms with E-state index in [1.807, 2.05) is 34.6 Å². The normalized spacial score (nSPS) is 13.0. The van der Waals surface area contributed by atoms with Crippen molar-refractivity contribution in [2.45, 2.75) is 84.8 Å². The third-order valence-corrected chi connectivity index (χ3v) is 7.01. The number of hydrogen-bond acceptors (Lipinski definition) is 10. The van der Waals surface area contributed by atoms with E-state index in [1.165, 1.54) is 24.3 Å². The van der Waals surface area contributed by atoms with Crippen LogP contribution in [0, 0.1) is 33.3 Å². The molecule has 3 amide bonds. The molecule has 16 nitrogen and oxygen atoms in total. The summed E-state index contributed by atoms with van der Waals surface area (Å²) in [5.41, 5.74) is 1.15. The zero-order valence-electron chi connectivity index (χ0n) is 29.7. The van der Waals surface area contributed by atoms with E-state index >= 15 is 0 Å². The van der Waals surface area contributed by atoms with Gasteiger partial charge < -0.3 is 41.9 Å². The summed E-state index contributed by atoms with van der Waals surface area (Å²) >= 11 is 0. The molecule has 3 atom stereocenters. The lowest BCUT2D eigenvalue weighted by molar-refractivity contribution is -0.403. The first kappa shape index (κ1) is 42.1. The molecule has 0 aromatic heterocycles. The number of anilines is 2. The molecule has 16 heteroatoms. The van der Waals surface area contributed by atoms with Crippen LogP contribution in [0.2, 0.25) is 0 Å². The van der Waals surface area contributed by atoms with Gasteiger partial charge in [0.2, 0.25) is 17.7 Å². The largest absolute Gasteiger partial charge is 0.508 e. The van der Waals surface area contributed by atoms with Crippen LogP contribution in [0.5, 0.6) is 5.75 Å². The van der Waals surface area contributed by atoms with E-state index in [0.29, 0.717) is 16.9 Å². The molecule has 2 aromatic rings. The summed E-state index contributed by atoms with van der Waals surface area (Å²) in [6.45, 7) is 9.15. The number of carbonyl (C=O) groups is 5. The van der Waals surface area contributed by atoms with Crippen molar-refractivity contribution in [1.82, 2.24) is 16.0 Å². The molecule has 0 spiro atoms. The fraction of sp³-hybridized carbons (Fsp3) is 0.417. The summed E-state index contributed by atoms with van der Waals surface area (Å²) in [6, 6.07) is 8.53. The van der Waals surface area contributed by atoms with Gasteiger partial charge in [-0.25, -0.2) is 9.59 Å². The van der Waals surface area contributed by atoms with Crippen molar-refractivity contribution >= 4 is 41.0 Å². The molecule has 0 heterocycles. The second-order valence-corrected chi connectivity index (χ2v) is 13.6. The van der Waals surface area contributed by atoms with Crippen LogP contribution in [0.4, 0.5) is 11.4 Å². The minimum atomic E-state index is -1.46. The van der Waals surface area contributed by atoms with E-state index in [-0.39, 0.29) is 55.0 Å². The number of nitrogens with one attached hydrogen (secondary N) is 5. The molecule has 280 valence electrons. The van der Waals surface area contributed by atoms with Crippen LogP contribution in [-0.4, -0.2) is 68.0 Å². The van der Waals surface area contributed by atoms with Gasteiger partial charge in [-0.2, -0.15) is 0 Å². The summed E-state index contributed by atoms with van der Waals surface area (Å²) in [6.07, 6.45) is 0.282. The highest BCUT2D eigenvalue weighted by Gasteiger charge is 2.27. The number of benzene rings is 2. The highest BCUT2D eigenvalue weighted by Crippen LogP contribution is 2.19. The summed E-state index contributed by atoms with van der Waals surface area (Å²) in [5.74, 6) is 0.782. The topological polar surface area (TPSA) is 249 Å². The SMILES string of the molecule is CC(C)CC(NC(=O)Cc1ccc(NC(=C[N+](=O)[O-])Nc2ccc(O)cc2)cc1)C(=O)NC(CC#CCC(NC(=O)CC(C)(C)C)C(=O)O)C(=O)O. The molecule has 0 fully saturated rings. The highest BCUT2D eigenvalue weighted by molar-refractivity contribution is 5.91. The molecule has 0 bridgehead atoms. The number of carboxylic acid groups (broad SMARTS) is 2. The standard InChI is InChI=1S/C36H46N6O10/c1-22(2)18-29(33(46)41-28(35(49)50)9-7-6-8-27(34(47)48)39-32(45)20-36(3,4)5)40-31(44)19-23-10-12-24(13-11-23)37-30(21-42(51)52)38-25-14-16-26(43)17-15-25/h10-17,21-22,27-29,37-38,43H,8-9,18-20H2,1-5H3,(H,39,45)(H,40,44)(H,41,46)(H,47,48)(H,49,50). The van der Waals surface area contributed by atoms with Crippen molar-refractivity contribution in [3.63, 3.8) is 0 Å². The van der Waals surface area contributed by atoms with E-state index in [1.54, 1.807) is 24.3 Å². The van der Waals surface area contributed by atoms with Crippen LogP contribution in [-0.2, 0) is 30.4 Å². The Balaban J connectivity index is 2.03. The predicted molar refractivity (Wildman–Crippen MR) is 192 cm³/mol. The second kappa shape index (κ2) is 19.9. The molecule has 3 unspecified atom stereocenters. The van der Waals surface area contributed by atoms with Crippen LogP contribution in [0.1, 0.15) is 65.9 Å². The average molecular weight is 723 g/mol. The van der Waals surface area contributed by atoms with Crippen LogP contribution in [0.15, 0.2) is 60.6 Å². The van der Waals surface area contributed by atoms with Crippen LogP contribution in [0.3, 0.4) is 0 Å². The highest BCUT2D eigenvalue weighted by atomic mass is 16.6. The number of hydrogen-bond donors (Lipinski definition) is 8.